The van der Waals surface area contributed by atoms with E-state index in [9.17, 15) is 23.8 Å². The van der Waals surface area contributed by atoms with Crippen molar-refractivity contribution in [1.29, 1.82) is 0 Å². The molecule has 0 aromatic heterocycles. The molecule has 64 heavy (non-hydrogen) atoms. The van der Waals surface area contributed by atoms with E-state index < -0.39 is 51.1 Å². The number of carboxylic acid groups (broad SMARTS) is 1. The smallest absolute Gasteiger partial charge is 0.472 e. The molecule has 0 rings (SSSR count). The van der Waals surface area contributed by atoms with Crippen LogP contribution in [0.1, 0.15) is 258 Å². The third-order valence-corrected chi connectivity index (χ3v) is 12.7. The Morgan fingerprint density at radius 1 is 0.484 bits per heavy atom. The molecule has 0 bridgehead atoms. The number of phosphoric ester groups is 1. The maximum atomic E-state index is 12.7. The van der Waals surface area contributed by atoms with Gasteiger partial charge in [-0.1, -0.05) is 224 Å². The van der Waals surface area contributed by atoms with Crippen LogP contribution in [0.5, 0.6) is 0 Å². The van der Waals surface area contributed by atoms with Crippen LogP contribution in [0.15, 0.2) is 24.3 Å². The third kappa shape index (κ3) is 46.5. The van der Waals surface area contributed by atoms with Gasteiger partial charge in [0.1, 0.15) is 12.6 Å². The number of unbranched alkanes of at least 4 members (excludes halogenated alkanes) is 32. The second kappa shape index (κ2) is 47.5. The summed E-state index contributed by atoms with van der Waals surface area (Å²) in [4.78, 5) is 46.2. The SMILES string of the molecule is CCCCC/C=C\C/C=C\CCCCCCCCCC(=O)OC(COC(=O)CCCCCCCCCCCCCCCCCCCCCCCCC)COP(=O)(O)OCC(N)C(=O)O. The van der Waals surface area contributed by atoms with Crippen molar-refractivity contribution in [1.82, 2.24) is 0 Å². The Bertz CT molecular complexity index is 1180. The molecule has 3 unspecified atom stereocenters. The first-order valence-electron chi connectivity index (χ1n) is 26.4. The minimum absolute atomic E-state index is 0.155. The molecule has 0 fully saturated rings. The number of hydrogen-bond donors (Lipinski definition) is 3. The van der Waals surface area contributed by atoms with Gasteiger partial charge in [-0.05, 0) is 44.9 Å². The van der Waals surface area contributed by atoms with Gasteiger partial charge in [-0.3, -0.25) is 23.4 Å². The highest BCUT2D eigenvalue weighted by Gasteiger charge is 2.28. The van der Waals surface area contributed by atoms with Crippen LogP contribution in [-0.2, 0) is 37.5 Å². The first-order valence-corrected chi connectivity index (χ1v) is 27.9. The van der Waals surface area contributed by atoms with Crippen LogP contribution in [0.4, 0.5) is 0 Å². The van der Waals surface area contributed by atoms with E-state index in [-0.39, 0.29) is 19.4 Å². The zero-order chi connectivity index (χ0) is 47.0. The number of carbonyl (C=O) groups excluding carboxylic acids is 2. The molecular weight excluding hydrogens is 830 g/mol. The minimum atomic E-state index is -4.72. The van der Waals surface area contributed by atoms with Crippen molar-refractivity contribution in [2.45, 2.75) is 270 Å². The molecular formula is C52H98NO10P. The lowest BCUT2D eigenvalue weighted by Gasteiger charge is -2.20. The van der Waals surface area contributed by atoms with E-state index in [4.69, 9.17) is 24.8 Å². The van der Waals surface area contributed by atoms with E-state index in [2.05, 4.69) is 42.7 Å². The molecule has 0 aromatic carbocycles. The molecule has 0 saturated heterocycles. The Kier molecular flexibility index (Phi) is 45.9. The van der Waals surface area contributed by atoms with Gasteiger partial charge in [0.2, 0.25) is 0 Å². The highest BCUT2D eigenvalue weighted by atomic mass is 31.2. The second-order valence-corrected chi connectivity index (χ2v) is 19.5. The molecule has 0 aliphatic heterocycles. The van der Waals surface area contributed by atoms with Gasteiger partial charge >= 0.3 is 25.7 Å². The average molecular weight is 928 g/mol. The number of carboxylic acids is 1. The van der Waals surface area contributed by atoms with Gasteiger partial charge in [-0.2, -0.15) is 0 Å². The summed E-state index contributed by atoms with van der Waals surface area (Å²) in [5, 5.41) is 8.92. The summed E-state index contributed by atoms with van der Waals surface area (Å²) in [6, 6.07) is -1.52. The van der Waals surface area contributed by atoms with Crippen molar-refractivity contribution in [3.63, 3.8) is 0 Å². The Morgan fingerprint density at radius 3 is 1.25 bits per heavy atom. The normalized spacial score (nSPS) is 13.7. The molecule has 0 amide bonds. The quantitative estimate of drug-likeness (QED) is 0.0229. The van der Waals surface area contributed by atoms with Crippen LogP contribution in [-0.4, -0.2) is 59.9 Å². The highest BCUT2D eigenvalue weighted by Crippen LogP contribution is 2.43. The highest BCUT2D eigenvalue weighted by molar-refractivity contribution is 7.47. The van der Waals surface area contributed by atoms with Gasteiger partial charge < -0.3 is 25.2 Å². The van der Waals surface area contributed by atoms with Gasteiger partial charge in [0, 0.05) is 12.8 Å². The fourth-order valence-corrected chi connectivity index (χ4v) is 8.35. The Hall–Kier alpha value is -2.04. The van der Waals surface area contributed by atoms with E-state index in [1.54, 1.807) is 0 Å². The molecule has 376 valence electrons. The molecule has 0 radical (unpaired) electrons. The summed E-state index contributed by atoms with van der Waals surface area (Å²) in [7, 11) is -4.72. The second-order valence-electron chi connectivity index (χ2n) is 18.0. The van der Waals surface area contributed by atoms with Crippen LogP contribution < -0.4 is 5.73 Å². The molecule has 0 aliphatic carbocycles. The lowest BCUT2D eigenvalue weighted by atomic mass is 10.0. The van der Waals surface area contributed by atoms with E-state index in [1.165, 1.54) is 161 Å². The minimum Gasteiger partial charge on any atom is -0.480 e. The largest absolute Gasteiger partial charge is 0.480 e. The predicted molar refractivity (Wildman–Crippen MR) is 263 cm³/mol. The molecule has 3 atom stereocenters. The maximum Gasteiger partial charge on any atom is 0.472 e. The van der Waals surface area contributed by atoms with Crippen LogP contribution in [0, 0.1) is 0 Å². The van der Waals surface area contributed by atoms with Crippen LogP contribution in [0.25, 0.3) is 0 Å². The number of aliphatic carboxylic acids is 1. The van der Waals surface area contributed by atoms with Crippen molar-refractivity contribution < 1.29 is 47.5 Å². The topological polar surface area (TPSA) is 172 Å². The van der Waals surface area contributed by atoms with E-state index in [0.29, 0.717) is 12.8 Å². The van der Waals surface area contributed by atoms with Gasteiger partial charge in [-0.25, -0.2) is 4.57 Å². The van der Waals surface area contributed by atoms with Crippen molar-refractivity contribution in [2.75, 3.05) is 19.8 Å². The predicted octanol–water partition coefficient (Wildman–Crippen LogP) is 15.0. The lowest BCUT2D eigenvalue weighted by Crippen LogP contribution is -2.34. The van der Waals surface area contributed by atoms with Crippen molar-refractivity contribution in [3.05, 3.63) is 24.3 Å². The fourth-order valence-electron chi connectivity index (χ4n) is 7.57. The standard InChI is InChI=1S/C52H98NO10P/c1-3-5-7-9-11-13-15-17-19-21-22-23-24-25-26-28-29-31-33-35-37-39-41-43-50(54)60-45-48(46-61-64(58,59)62-47-49(53)52(56)57)63-51(55)44-42-40-38-36-34-32-30-27-20-18-16-14-12-10-8-6-4-2/h12,14,18,20,48-49H,3-11,13,15-17,19,21-47,53H2,1-2H3,(H,56,57)(H,58,59)/b14-12-,20-18-. The Morgan fingerprint density at radius 2 is 0.828 bits per heavy atom. The van der Waals surface area contributed by atoms with E-state index >= 15 is 0 Å². The van der Waals surface area contributed by atoms with Crippen LogP contribution >= 0.6 is 7.82 Å². The molecule has 0 aliphatic rings. The first kappa shape index (κ1) is 62.0. The maximum absolute atomic E-state index is 12.7. The summed E-state index contributed by atoms with van der Waals surface area (Å²) in [5.41, 5.74) is 5.35. The number of rotatable bonds is 50. The Balaban J connectivity index is 4.18. The van der Waals surface area contributed by atoms with Gasteiger partial charge in [0.15, 0.2) is 6.10 Å². The summed E-state index contributed by atoms with van der Waals surface area (Å²) in [6.07, 6.45) is 52.4. The van der Waals surface area contributed by atoms with Gasteiger partial charge in [0.05, 0.1) is 13.2 Å². The monoisotopic (exact) mass is 928 g/mol. The number of nitrogens with two attached hydrogens (primary N) is 1. The van der Waals surface area contributed by atoms with Crippen molar-refractivity contribution >= 4 is 25.7 Å². The summed E-state index contributed by atoms with van der Waals surface area (Å²) in [5.74, 6) is -2.37. The number of phosphoric acid groups is 1. The lowest BCUT2D eigenvalue weighted by molar-refractivity contribution is -0.161. The number of ether oxygens (including phenoxy) is 2. The van der Waals surface area contributed by atoms with Crippen LogP contribution in [0.2, 0.25) is 0 Å². The zero-order valence-corrected chi connectivity index (χ0v) is 42.0. The van der Waals surface area contributed by atoms with E-state index in [0.717, 1.165) is 57.8 Å². The summed E-state index contributed by atoms with van der Waals surface area (Å²) in [6.45, 7) is 2.82. The van der Waals surface area contributed by atoms with E-state index in [1.807, 2.05) is 0 Å². The number of carbonyl (C=O) groups is 3. The summed E-state index contributed by atoms with van der Waals surface area (Å²) >= 11 is 0. The molecule has 0 aromatic rings. The zero-order valence-electron chi connectivity index (χ0n) is 41.1. The molecule has 0 heterocycles. The van der Waals surface area contributed by atoms with Gasteiger partial charge in [0.25, 0.3) is 0 Å². The summed E-state index contributed by atoms with van der Waals surface area (Å²) < 4.78 is 32.9. The van der Waals surface area contributed by atoms with Crippen molar-refractivity contribution in [2.24, 2.45) is 5.73 Å². The number of hydrogen-bond acceptors (Lipinski definition) is 9. The fraction of sp³-hybridized carbons (Fsp3) is 0.865. The molecule has 11 nitrogen and oxygen atoms in total. The van der Waals surface area contributed by atoms with Crippen LogP contribution in [0.3, 0.4) is 0 Å². The Labute approximate surface area is 391 Å². The molecule has 0 saturated carbocycles. The first-order chi connectivity index (χ1) is 31.1. The van der Waals surface area contributed by atoms with Gasteiger partial charge in [-0.15, -0.1) is 0 Å². The molecule has 12 heteroatoms. The average Bonchev–Trinajstić information content (AvgIpc) is 3.27. The molecule has 0 spiro atoms. The number of allylic oxidation sites excluding steroid dienone is 4. The molecule has 4 N–H and O–H groups in total. The third-order valence-electron chi connectivity index (χ3n) is 11.7. The van der Waals surface area contributed by atoms with Crippen molar-refractivity contribution in [3.8, 4) is 0 Å². The number of esters is 2.